The number of nitrogens with one attached hydrogen (secondary N) is 1. The number of carbonyl (C=O) groups is 1. The zero-order valence-corrected chi connectivity index (χ0v) is 15.9. The van der Waals surface area contributed by atoms with Crippen molar-refractivity contribution in [1.82, 2.24) is 19.5 Å². The molecule has 140 valence electrons. The highest BCUT2D eigenvalue weighted by atomic mass is 32.2. The molecule has 1 amide bonds. The maximum Gasteiger partial charge on any atom is 0.245 e. The van der Waals surface area contributed by atoms with Gasteiger partial charge in [-0.2, -0.15) is 4.31 Å². The Hall–Kier alpha value is -2.03. The maximum absolute atomic E-state index is 13.1. The van der Waals surface area contributed by atoms with Gasteiger partial charge in [0.25, 0.3) is 0 Å². The van der Waals surface area contributed by atoms with Gasteiger partial charge >= 0.3 is 0 Å². The zero-order valence-electron chi connectivity index (χ0n) is 15.1. The second-order valence-electron chi connectivity index (χ2n) is 6.47. The van der Waals surface area contributed by atoms with E-state index in [9.17, 15) is 13.2 Å². The smallest absolute Gasteiger partial charge is 0.245 e. The van der Waals surface area contributed by atoms with Gasteiger partial charge in [0.2, 0.25) is 15.9 Å². The minimum Gasteiger partial charge on any atom is -0.355 e. The molecule has 2 heterocycles. The summed E-state index contributed by atoms with van der Waals surface area (Å²) in [4.78, 5) is 18.3. The number of aromatic nitrogens is 1. The lowest BCUT2D eigenvalue weighted by Crippen LogP contribution is -2.51. The van der Waals surface area contributed by atoms with E-state index in [2.05, 4.69) is 10.3 Å². The van der Waals surface area contributed by atoms with E-state index in [0.717, 1.165) is 10.9 Å². The van der Waals surface area contributed by atoms with E-state index in [-0.39, 0.29) is 10.8 Å². The summed E-state index contributed by atoms with van der Waals surface area (Å²) in [5.41, 5.74) is 1.49. The van der Waals surface area contributed by atoms with Gasteiger partial charge < -0.3 is 5.32 Å². The lowest BCUT2D eigenvalue weighted by atomic mass is 10.2. The second kappa shape index (κ2) is 7.69. The predicted molar refractivity (Wildman–Crippen MR) is 100 cm³/mol. The normalized spacial score (nSPS) is 16.7. The number of benzene rings is 1. The molecule has 0 atom stereocenters. The van der Waals surface area contributed by atoms with Crippen LogP contribution in [0, 0.1) is 6.92 Å². The van der Waals surface area contributed by atoms with E-state index in [1.165, 1.54) is 4.31 Å². The van der Waals surface area contributed by atoms with E-state index < -0.39 is 10.0 Å². The van der Waals surface area contributed by atoms with Gasteiger partial charge in [0.05, 0.1) is 12.1 Å². The summed E-state index contributed by atoms with van der Waals surface area (Å²) in [7, 11) is -3.62. The monoisotopic (exact) mass is 376 g/mol. The summed E-state index contributed by atoms with van der Waals surface area (Å²) < 4.78 is 27.7. The Kier molecular flexibility index (Phi) is 5.55. The van der Waals surface area contributed by atoms with Crippen LogP contribution in [0.1, 0.15) is 12.5 Å². The summed E-state index contributed by atoms with van der Waals surface area (Å²) >= 11 is 0. The fourth-order valence-corrected chi connectivity index (χ4v) is 4.76. The standard InChI is InChI=1S/C18H24N4O3S/c1-3-19-17(23)13-21-7-9-22(10-8-21)26(24,25)16-6-4-5-15-11-14(2)12-20-18(15)16/h4-6,11-12H,3,7-10,13H2,1-2H3,(H,19,23). The van der Waals surface area contributed by atoms with Gasteiger partial charge in [-0.3, -0.25) is 14.7 Å². The summed E-state index contributed by atoms with van der Waals surface area (Å²) in [5, 5.41) is 3.58. The Morgan fingerprint density at radius 1 is 1.23 bits per heavy atom. The van der Waals surface area contributed by atoms with Crippen molar-refractivity contribution >= 4 is 26.8 Å². The number of pyridine rings is 1. The summed E-state index contributed by atoms with van der Waals surface area (Å²) in [5.74, 6) is -0.0302. The molecule has 1 aromatic carbocycles. The molecule has 0 radical (unpaired) electrons. The third-order valence-electron chi connectivity index (χ3n) is 4.50. The molecular weight excluding hydrogens is 352 g/mol. The van der Waals surface area contributed by atoms with E-state index in [1.54, 1.807) is 18.3 Å². The van der Waals surface area contributed by atoms with Crippen LogP contribution in [0.5, 0.6) is 0 Å². The Bertz CT molecular complexity index is 906. The molecule has 1 aliphatic rings. The lowest BCUT2D eigenvalue weighted by molar-refractivity contribution is -0.122. The number of likely N-dealkylation sites (N-methyl/N-ethyl adjacent to an activating group) is 1. The third-order valence-corrected chi connectivity index (χ3v) is 6.43. The Balaban J connectivity index is 1.77. The fourth-order valence-electron chi connectivity index (χ4n) is 3.17. The number of fused-ring (bicyclic) bond motifs is 1. The molecule has 3 rings (SSSR count). The van der Waals surface area contributed by atoms with Gasteiger partial charge in [-0.15, -0.1) is 0 Å². The van der Waals surface area contributed by atoms with Crippen LogP contribution in [0.15, 0.2) is 35.4 Å². The number of piperazine rings is 1. The number of aryl methyl sites for hydroxylation is 1. The van der Waals surface area contributed by atoms with Crippen molar-refractivity contribution in [2.45, 2.75) is 18.7 Å². The molecule has 2 aromatic rings. The highest BCUT2D eigenvalue weighted by Crippen LogP contribution is 2.25. The van der Waals surface area contributed by atoms with Gasteiger partial charge in [-0.05, 0) is 31.5 Å². The molecule has 1 N–H and O–H groups in total. The zero-order chi connectivity index (χ0) is 18.7. The van der Waals surface area contributed by atoms with Crippen LogP contribution >= 0.6 is 0 Å². The average Bonchev–Trinajstić information content (AvgIpc) is 2.61. The molecular formula is C18H24N4O3S. The first-order valence-electron chi connectivity index (χ1n) is 8.76. The van der Waals surface area contributed by atoms with E-state index in [0.29, 0.717) is 44.8 Å². The first-order chi connectivity index (χ1) is 12.4. The Morgan fingerprint density at radius 3 is 2.65 bits per heavy atom. The predicted octanol–water partition coefficient (Wildman–Crippen LogP) is 0.986. The minimum atomic E-state index is -3.62. The molecule has 0 saturated carbocycles. The van der Waals surface area contributed by atoms with Crippen molar-refractivity contribution in [2.75, 3.05) is 39.3 Å². The number of hydrogen-bond donors (Lipinski definition) is 1. The van der Waals surface area contributed by atoms with Crippen LogP contribution < -0.4 is 5.32 Å². The number of amides is 1. The quantitative estimate of drug-likeness (QED) is 0.841. The Labute approximate surface area is 154 Å². The summed E-state index contributed by atoms with van der Waals surface area (Å²) in [6, 6.07) is 7.17. The summed E-state index contributed by atoms with van der Waals surface area (Å²) in [6.07, 6.45) is 1.69. The van der Waals surface area contributed by atoms with Crippen molar-refractivity contribution in [1.29, 1.82) is 0 Å². The number of hydrogen-bond acceptors (Lipinski definition) is 5. The molecule has 1 saturated heterocycles. The first kappa shape index (κ1) is 18.8. The molecule has 0 unspecified atom stereocenters. The van der Waals surface area contributed by atoms with Gasteiger partial charge in [-0.1, -0.05) is 12.1 Å². The van der Waals surface area contributed by atoms with Gasteiger partial charge in [0.15, 0.2) is 0 Å². The number of nitrogens with zero attached hydrogens (tertiary/aromatic N) is 3. The van der Waals surface area contributed by atoms with Crippen molar-refractivity contribution in [2.24, 2.45) is 0 Å². The van der Waals surface area contributed by atoms with Crippen molar-refractivity contribution < 1.29 is 13.2 Å². The van der Waals surface area contributed by atoms with Crippen LogP contribution in [-0.4, -0.2) is 67.8 Å². The molecule has 26 heavy (non-hydrogen) atoms. The van der Waals surface area contributed by atoms with Crippen molar-refractivity contribution in [3.05, 3.63) is 36.0 Å². The van der Waals surface area contributed by atoms with Crippen LogP contribution in [0.2, 0.25) is 0 Å². The van der Waals surface area contributed by atoms with Gasteiger partial charge in [0, 0.05) is 44.3 Å². The van der Waals surface area contributed by atoms with Crippen LogP contribution in [-0.2, 0) is 14.8 Å². The Morgan fingerprint density at radius 2 is 1.96 bits per heavy atom. The topological polar surface area (TPSA) is 82.6 Å². The van der Waals surface area contributed by atoms with E-state index >= 15 is 0 Å². The number of rotatable bonds is 5. The van der Waals surface area contributed by atoms with Crippen LogP contribution in [0.25, 0.3) is 10.9 Å². The molecule has 1 aromatic heterocycles. The van der Waals surface area contributed by atoms with Crippen molar-refractivity contribution in [3.63, 3.8) is 0 Å². The number of carbonyl (C=O) groups excluding carboxylic acids is 1. The van der Waals surface area contributed by atoms with E-state index in [1.807, 2.05) is 30.9 Å². The van der Waals surface area contributed by atoms with E-state index in [4.69, 9.17) is 0 Å². The maximum atomic E-state index is 13.1. The fraction of sp³-hybridized carbons (Fsp3) is 0.444. The minimum absolute atomic E-state index is 0.0302. The highest BCUT2D eigenvalue weighted by molar-refractivity contribution is 7.89. The molecule has 7 nitrogen and oxygen atoms in total. The first-order valence-corrected chi connectivity index (χ1v) is 10.2. The summed E-state index contributed by atoms with van der Waals surface area (Å²) in [6.45, 7) is 6.51. The molecule has 8 heteroatoms. The molecule has 0 bridgehead atoms. The largest absolute Gasteiger partial charge is 0.355 e. The highest BCUT2D eigenvalue weighted by Gasteiger charge is 2.30. The average molecular weight is 376 g/mol. The van der Waals surface area contributed by atoms with Crippen LogP contribution in [0.3, 0.4) is 0 Å². The molecule has 1 aliphatic heterocycles. The third kappa shape index (κ3) is 3.87. The number of para-hydroxylation sites is 1. The van der Waals surface area contributed by atoms with Crippen LogP contribution in [0.4, 0.5) is 0 Å². The van der Waals surface area contributed by atoms with Gasteiger partial charge in [0.1, 0.15) is 4.90 Å². The molecule has 1 fully saturated rings. The van der Waals surface area contributed by atoms with Crippen molar-refractivity contribution in [3.8, 4) is 0 Å². The molecule has 0 aliphatic carbocycles. The lowest BCUT2D eigenvalue weighted by Gasteiger charge is -2.33. The SMILES string of the molecule is CCNC(=O)CN1CCN(S(=O)(=O)c2cccc3cc(C)cnc23)CC1. The second-order valence-corrected chi connectivity index (χ2v) is 8.38. The number of sulfonamides is 1. The molecule has 0 spiro atoms. The van der Waals surface area contributed by atoms with Gasteiger partial charge in [-0.25, -0.2) is 8.42 Å².